The summed E-state index contributed by atoms with van der Waals surface area (Å²) in [6.45, 7) is 19.7. The maximum Gasteiger partial charge on any atom is 0.0334 e. The van der Waals surface area contributed by atoms with Crippen molar-refractivity contribution in [1.29, 1.82) is 0 Å². The molecule has 1 aromatic rings. The molecule has 1 heteroatoms. The van der Waals surface area contributed by atoms with Crippen LogP contribution in [-0.4, -0.2) is 0 Å². The van der Waals surface area contributed by atoms with E-state index in [2.05, 4.69) is 70.5 Å². The summed E-state index contributed by atoms with van der Waals surface area (Å²) >= 11 is 1.86. The molecule has 1 aliphatic carbocycles. The maximum absolute atomic E-state index is 4.05. The Hall–Kier alpha value is -1.17. The lowest BCUT2D eigenvalue weighted by Gasteiger charge is -2.28. The molecule has 0 aromatic heterocycles. The third-order valence-corrected chi connectivity index (χ3v) is 8.29. The summed E-state index contributed by atoms with van der Waals surface area (Å²) in [6, 6.07) is 7.17. The zero-order valence-corrected chi connectivity index (χ0v) is 23.8. The van der Waals surface area contributed by atoms with Crippen molar-refractivity contribution in [2.24, 2.45) is 5.92 Å². The molecule has 33 heavy (non-hydrogen) atoms. The summed E-state index contributed by atoms with van der Waals surface area (Å²) in [5.74, 6) is 2.00. The van der Waals surface area contributed by atoms with Crippen molar-refractivity contribution < 1.29 is 0 Å². The van der Waals surface area contributed by atoms with Crippen LogP contribution in [0.5, 0.6) is 0 Å². The van der Waals surface area contributed by atoms with Gasteiger partial charge in [0.25, 0.3) is 0 Å². The fourth-order valence-electron chi connectivity index (χ4n) is 4.93. The lowest BCUT2D eigenvalue weighted by molar-refractivity contribution is 0.485. The molecular weight excluding hydrogens is 416 g/mol. The summed E-state index contributed by atoms with van der Waals surface area (Å²) in [6.07, 6.45) is 14.6. The first-order chi connectivity index (χ1) is 16.0. The Morgan fingerprint density at radius 3 is 2.24 bits per heavy atom. The van der Waals surface area contributed by atoms with Crippen LogP contribution in [-0.2, 0) is 0 Å². The van der Waals surface area contributed by atoms with E-state index in [4.69, 9.17) is 0 Å². The van der Waals surface area contributed by atoms with Gasteiger partial charge in [-0.1, -0.05) is 123 Å². The standard InChI is InChI=1S/C30H46S.C2H6/c1-7-10-11-12-13-14-16-26(15-8-2)30(9-3)31-22-25(6)27-19-20-28-23(4)17-18-24(5)29(28)21-27;1-2/h19-24,26H,3,7-8,10-18H2,1-2,4-6H3;1-2H3/b25-22+;. The van der Waals surface area contributed by atoms with Crippen LogP contribution in [0.3, 0.4) is 0 Å². The van der Waals surface area contributed by atoms with Crippen LogP contribution in [0.1, 0.15) is 148 Å². The molecule has 0 aliphatic heterocycles. The van der Waals surface area contributed by atoms with Gasteiger partial charge >= 0.3 is 0 Å². The van der Waals surface area contributed by atoms with Crippen molar-refractivity contribution in [2.75, 3.05) is 0 Å². The number of fused-ring (bicyclic) bond motifs is 1. The van der Waals surface area contributed by atoms with Gasteiger partial charge in [-0.2, -0.15) is 0 Å². The van der Waals surface area contributed by atoms with Gasteiger partial charge in [0.2, 0.25) is 0 Å². The first kappa shape index (κ1) is 29.9. The van der Waals surface area contributed by atoms with E-state index in [1.165, 1.54) is 86.7 Å². The van der Waals surface area contributed by atoms with Crippen LogP contribution in [0, 0.1) is 5.92 Å². The molecule has 0 nitrogen and oxygen atoms in total. The van der Waals surface area contributed by atoms with Gasteiger partial charge in [-0.15, -0.1) is 5.73 Å². The molecule has 3 unspecified atom stereocenters. The second-order valence-electron chi connectivity index (χ2n) is 9.72. The van der Waals surface area contributed by atoms with Gasteiger partial charge in [0.1, 0.15) is 0 Å². The summed E-state index contributed by atoms with van der Waals surface area (Å²) in [7, 11) is 0. The summed E-state index contributed by atoms with van der Waals surface area (Å²) in [4.78, 5) is 1.34. The Bertz CT molecular complexity index is 750. The molecule has 0 saturated heterocycles. The summed E-state index contributed by atoms with van der Waals surface area (Å²) < 4.78 is 0. The molecule has 0 fully saturated rings. The smallest absolute Gasteiger partial charge is 0.0334 e. The molecule has 2 rings (SSSR count). The van der Waals surface area contributed by atoms with Crippen LogP contribution >= 0.6 is 11.8 Å². The third-order valence-electron chi connectivity index (χ3n) is 7.09. The average molecular weight is 469 g/mol. The zero-order chi connectivity index (χ0) is 24.6. The molecule has 0 heterocycles. The van der Waals surface area contributed by atoms with Gasteiger partial charge in [0, 0.05) is 4.91 Å². The minimum Gasteiger partial charge on any atom is -0.118 e. The lowest BCUT2D eigenvalue weighted by Crippen LogP contribution is -2.10. The van der Waals surface area contributed by atoms with Crippen molar-refractivity contribution in [1.82, 2.24) is 0 Å². The van der Waals surface area contributed by atoms with E-state index in [0.29, 0.717) is 17.8 Å². The minimum atomic E-state index is 0.618. The topological polar surface area (TPSA) is 0 Å². The Labute approximate surface area is 211 Å². The van der Waals surface area contributed by atoms with E-state index in [0.717, 1.165) is 0 Å². The van der Waals surface area contributed by atoms with Crippen LogP contribution in [0.4, 0.5) is 0 Å². The number of benzene rings is 1. The molecule has 1 aliphatic rings. The molecule has 186 valence electrons. The number of rotatable bonds is 13. The average Bonchev–Trinajstić information content (AvgIpc) is 2.84. The fourth-order valence-corrected chi connectivity index (χ4v) is 5.89. The van der Waals surface area contributed by atoms with Gasteiger partial charge in [0.15, 0.2) is 0 Å². The SMILES string of the molecule is C=C=C(S/C=C(\C)c1ccc2c(c1)C(C)CCC2C)C(CCC)CCCCCCCC.CC. The van der Waals surface area contributed by atoms with E-state index in [1.807, 2.05) is 25.6 Å². The van der Waals surface area contributed by atoms with E-state index in [9.17, 15) is 0 Å². The van der Waals surface area contributed by atoms with Crippen LogP contribution in [0.2, 0.25) is 0 Å². The molecule has 1 aromatic carbocycles. The van der Waals surface area contributed by atoms with Crippen LogP contribution < -0.4 is 0 Å². The van der Waals surface area contributed by atoms with Crippen molar-refractivity contribution in [3.63, 3.8) is 0 Å². The second-order valence-corrected chi connectivity index (χ2v) is 10.6. The molecule has 0 amide bonds. The third kappa shape index (κ3) is 9.92. The first-order valence-corrected chi connectivity index (χ1v) is 14.8. The minimum absolute atomic E-state index is 0.618. The van der Waals surface area contributed by atoms with E-state index in [1.54, 1.807) is 11.1 Å². The molecular formula is C32H52S. The normalized spacial score (nSPS) is 18.6. The Balaban J connectivity index is 0.00000265. The molecule has 0 spiro atoms. The quantitative estimate of drug-likeness (QED) is 0.205. The highest BCUT2D eigenvalue weighted by molar-refractivity contribution is 8.06. The largest absolute Gasteiger partial charge is 0.118 e. The summed E-state index contributed by atoms with van der Waals surface area (Å²) in [5.41, 5.74) is 9.17. The highest BCUT2D eigenvalue weighted by atomic mass is 32.2. The fraction of sp³-hybridized carbons (Fsp3) is 0.656. The lowest BCUT2D eigenvalue weighted by atomic mass is 9.77. The molecule has 0 radical (unpaired) electrons. The van der Waals surface area contributed by atoms with Gasteiger partial charge in [-0.25, -0.2) is 0 Å². The summed E-state index contributed by atoms with van der Waals surface area (Å²) in [5, 5.41) is 2.34. The predicted molar refractivity (Wildman–Crippen MR) is 154 cm³/mol. The van der Waals surface area contributed by atoms with Crippen molar-refractivity contribution in [3.05, 3.63) is 57.5 Å². The first-order valence-electron chi connectivity index (χ1n) is 13.9. The Morgan fingerprint density at radius 2 is 1.61 bits per heavy atom. The van der Waals surface area contributed by atoms with Crippen LogP contribution in [0.15, 0.2) is 40.8 Å². The van der Waals surface area contributed by atoms with E-state index >= 15 is 0 Å². The number of hydrogen-bond acceptors (Lipinski definition) is 1. The van der Waals surface area contributed by atoms with Crippen molar-refractivity contribution >= 4 is 17.3 Å². The molecule has 3 atom stereocenters. The monoisotopic (exact) mass is 468 g/mol. The van der Waals surface area contributed by atoms with Gasteiger partial charge in [-0.05, 0) is 78.0 Å². The predicted octanol–water partition coefficient (Wildman–Crippen LogP) is 11.6. The highest BCUT2D eigenvalue weighted by Gasteiger charge is 2.22. The van der Waals surface area contributed by atoms with Crippen molar-refractivity contribution in [2.45, 2.75) is 131 Å². The zero-order valence-electron chi connectivity index (χ0n) is 22.9. The molecule has 0 N–H and O–H groups in total. The highest BCUT2D eigenvalue weighted by Crippen LogP contribution is 2.40. The van der Waals surface area contributed by atoms with Gasteiger partial charge in [0.05, 0.1) is 0 Å². The Kier molecular flexibility index (Phi) is 15.6. The molecule has 0 saturated carbocycles. The van der Waals surface area contributed by atoms with E-state index < -0.39 is 0 Å². The number of unbranched alkanes of at least 4 members (excludes halogenated alkanes) is 5. The number of thioether (sulfide) groups is 1. The van der Waals surface area contributed by atoms with Gasteiger partial charge in [-0.3, -0.25) is 0 Å². The van der Waals surface area contributed by atoms with Crippen LogP contribution in [0.25, 0.3) is 5.57 Å². The number of allylic oxidation sites excluding steroid dienone is 2. The Morgan fingerprint density at radius 1 is 0.970 bits per heavy atom. The van der Waals surface area contributed by atoms with Gasteiger partial charge < -0.3 is 0 Å². The maximum atomic E-state index is 4.05. The second kappa shape index (κ2) is 17.3. The van der Waals surface area contributed by atoms with E-state index in [-0.39, 0.29) is 0 Å². The molecule has 0 bridgehead atoms. The van der Waals surface area contributed by atoms with Crippen molar-refractivity contribution in [3.8, 4) is 0 Å². The number of hydrogen-bond donors (Lipinski definition) is 0.